The average molecular weight is 379 g/mol. The molecule has 2 aliphatic rings. The van der Waals surface area contributed by atoms with Crippen LogP contribution in [0.25, 0.3) is 0 Å². The van der Waals surface area contributed by atoms with Crippen LogP contribution in [0.4, 0.5) is 0 Å². The molecular weight excluding hydrogens is 348 g/mol. The molecule has 4 heteroatoms. The second-order valence-corrected chi connectivity index (χ2v) is 8.22. The fraction of sp³-hybridized carbons (Fsp3) is 0.458. The van der Waals surface area contributed by atoms with E-state index in [1.54, 1.807) is 0 Å². The highest BCUT2D eigenvalue weighted by Crippen LogP contribution is 2.43. The van der Waals surface area contributed by atoms with Gasteiger partial charge in [0.25, 0.3) is 0 Å². The molecule has 1 unspecified atom stereocenters. The number of benzene rings is 2. The minimum atomic E-state index is -1.33. The summed E-state index contributed by atoms with van der Waals surface area (Å²) in [5.41, 5.74) is 0.753. The Hall–Kier alpha value is -2.01. The van der Waals surface area contributed by atoms with Gasteiger partial charge in [-0.1, -0.05) is 67.1 Å². The van der Waals surface area contributed by atoms with Gasteiger partial charge in [0.15, 0.2) is 11.4 Å². The molecule has 2 aromatic rings. The Kier molecular flexibility index (Phi) is 5.90. The molecule has 1 heterocycles. The van der Waals surface area contributed by atoms with Crippen LogP contribution in [-0.2, 0) is 16.9 Å². The molecule has 148 valence electrons. The van der Waals surface area contributed by atoms with E-state index in [0.717, 1.165) is 57.5 Å². The molecule has 28 heavy (non-hydrogen) atoms. The molecule has 0 amide bonds. The van der Waals surface area contributed by atoms with Gasteiger partial charge >= 0.3 is 0 Å². The number of hydrogen-bond donors (Lipinski definition) is 1. The summed E-state index contributed by atoms with van der Waals surface area (Å²) in [5, 5.41) is 11.5. The molecule has 1 saturated carbocycles. The van der Waals surface area contributed by atoms with E-state index in [2.05, 4.69) is 34.1 Å². The van der Waals surface area contributed by atoms with Crippen molar-refractivity contribution in [1.29, 1.82) is 0 Å². The Bertz CT molecular complexity index is 768. The summed E-state index contributed by atoms with van der Waals surface area (Å²) < 4.78 is 0. The Morgan fingerprint density at radius 3 is 2.04 bits per heavy atom. The minimum absolute atomic E-state index is 0.0418. The highest BCUT2D eigenvalue weighted by Gasteiger charge is 2.47. The van der Waals surface area contributed by atoms with Crippen molar-refractivity contribution < 1.29 is 9.90 Å². The normalized spacial score (nSPS) is 21.0. The van der Waals surface area contributed by atoms with E-state index in [9.17, 15) is 9.90 Å². The first-order chi connectivity index (χ1) is 13.7. The molecule has 0 spiro atoms. The summed E-state index contributed by atoms with van der Waals surface area (Å²) >= 11 is 0. The maximum absolute atomic E-state index is 13.2. The first kappa shape index (κ1) is 19.3. The number of Topliss-reactive ketones (excluding diaryl/α,β-unsaturated/α-hetero) is 1. The van der Waals surface area contributed by atoms with Crippen LogP contribution in [0.15, 0.2) is 60.7 Å². The van der Waals surface area contributed by atoms with E-state index in [4.69, 9.17) is 0 Å². The van der Waals surface area contributed by atoms with Gasteiger partial charge in [0.2, 0.25) is 0 Å². The summed E-state index contributed by atoms with van der Waals surface area (Å²) in [5.74, 6) is 0.0154. The van der Waals surface area contributed by atoms with Crippen LogP contribution >= 0.6 is 0 Å². The molecular formula is C24H30N2O2. The third-order valence-corrected chi connectivity index (χ3v) is 6.42. The zero-order valence-corrected chi connectivity index (χ0v) is 16.5. The lowest BCUT2D eigenvalue weighted by Gasteiger charge is -2.42. The van der Waals surface area contributed by atoms with Gasteiger partial charge in [-0.05, 0) is 29.9 Å². The predicted molar refractivity (Wildman–Crippen MR) is 111 cm³/mol. The fourth-order valence-electron chi connectivity index (χ4n) is 4.41. The van der Waals surface area contributed by atoms with Crippen LogP contribution in [-0.4, -0.2) is 53.4 Å². The van der Waals surface area contributed by atoms with E-state index in [0.29, 0.717) is 6.54 Å². The van der Waals surface area contributed by atoms with E-state index in [1.807, 2.05) is 36.4 Å². The summed E-state index contributed by atoms with van der Waals surface area (Å²) in [7, 11) is 0. The topological polar surface area (TPSA) is 43.8 Å². The van der Waals surface area contributed by atoms with Crippen LogP contribution < -0.4 is 0 Å². The van der Waals surface area contributed by atoms with Gasteiger partial charge in [-0.15, -0.1) is 0 Å². The molecule has 0 radical (unpaired) electrons. The SMILES string of the molecule is O=C(CN1CCN(Cc2ccccc2)CC1)C(O)(c1ccccc1)C1CCC1. The van der Waals surface area contributed by atoms with E-state index < -0.39 is 5.60 Å². The van der Waals surface area contributed by atoms with Crippen LogP contribution in [0, 0.1) is 5.92 Å². The smallest absolute Gasteiger partial charge is 0.183 e. The largest absolute Gasteiger partial charge is 0.377 e. The Balaban J connectivity index is 1.36. The maximum atomic E-state index is 13.2. The van der Waals surface area contributed by atoms with Crippen molar-refractivity contribution in [2.45, 2.75) is 31.4 Å². The Morgan fingerprint density at radius 1 is 0.893 bits per heavy atom. The van der Waals surface area contributed by atoms with Gasteiger partial charge in [-0.3, -0.25) is 14.6 Å². The molecule has 2 aromatic carbocycles. The highest BCUT2D eigenvalue weighted by molar-refractivity contribution is 5.90. The molecule has 0 aromatic heterocycles. The van der Waals surface area contributed by atoms with Crippen LogP contribution in [0.3, 0.4) is 0 Å². The van der Waals surface area contributed by atoms with Gasteiger partial charge < -0.3 is 5.11 Å². The number of hydrogen-bond acceptors (Lipinski definition) is 4. The lowest BCUT2D eigenvalue weighted by molar-refractivity contribution is -0.151. The van der Waals surface area contributed by atoms with Gasteiger partial charge in [0.05, 0.1) is 6.54 Å². The molecule has 1 saturated heterocycles. The minimum Gasteiger partial charge on any atom is -0.377 e. The maximum Gasteiger partial charge on any atom is 0.183 e. The molecule has 1 aliphatic heterocycles. The number of carbonyl (C=O) groups is 1. The van der Waals surface area contributed by atoms with Crippen molar-refractivity contribution in [3.63, 3.8) is 0 Å². The molecule has 4 nitrogen and oxygen atoms in total. The van der Waals surface area contributed by atoms with E-state index in [-0.39, 0.29) is 11.7 Å². The van der Waals surface area contributed by atoms with Gasteiger partial charge in [0, 0.05) is 32.7 Å². The average Bonchev–Trinajstić information content (AvgIpc) is 2.69. The second-order valence-electron chi connectivity index (χ2n) is 8.22. The van der Waals surface area contributed by atoms with Crippen molar-refractivity contribution in [2.75, 3.05) is 32.7 Å². The zero-order chi connectivity index (χ0) is 19.4. The molecule has 0 bridgehead atoms. The van der Waals surface area contributed by atoms with E-state index in [1.165, 1.54) is 5.56 Å². The summed E-state index contributed by atoms with van der Waals surface area (Å²) in [4.78, 5) is 17.9. The van der Waals surface area contributed by atoms with Crippen LogP contribution in [0.2, 0.25) is 0 Å². The number of aliphatic hydroxyl groups is 1. The Labute approximate surface area is 167 Å². The van der Waals surface area contributed by atoms with Gasteiger partial charge in [-0.2, -0.15) is 0 Å². The standard InChI is InChI=1S/C24H30N2O2/c27-23(24(28,22-12-7-13-22)21-10-5-2-6-11-21)19-26-16-14-25(15-17-26)18-20-8-3-1-4-9-20/h1-6,8-11,22,28H,7,12-19H2. The van der Waals surface area contributed by atoms with Crippen molar-refractivity contribution in [1.82, 2.24) is 9.80 Å². The van der Waals surface area contributed by atoms with Gasteiger partial charge in [0.1, 0.15) is 0 Å². The Morgan fingerprint density at radius 2 is 1.46 bits per heavy atom. The first-order valence-electron chi connectivity index (χ1n) is 10.5. The number of nitrogens with zero attached hydrogens (tertiary/aromatic N) is 2. The second kappa shape index (κ2) is 8.56. The highest BCUT2D eigenvalue weighted by atomic mass is 16.3. The summed E-state index contributed by atoms with van der Waals surface area (Å²) in [6, 6.07) is 20.1. The van der Waals surface area contributed by atoms with Gasteiger partial charge in [-0.25, -0.2) is 0 Å². The molecule has 1 N–H and O–H groups in total. The van der Waals surface area contributed by atoms with Crippen molar-refractivity contribution in [2.24, 2.45) is 5.92 Å². The lowest BCUT2D eigenvalue weighted by Crippen LogP contribution is -2.53. The van der Waals surface area contributed by atoms with Crippen LogP contribution in [0.5, 0.6) is 0 Å². The van der Waals surface area contributed by atoms with Crippen molar-refractivity contribution in [3.8, 4) is 0 Å². The van der Waals surface area contributed by atoms with E-state index >= 15 is 0 Å². The lowest BCUT2D eigenvalue weighted by atomic mass is 9.67. The predicted octanol–water partition coefficient (Wildman–Crippen LogP) is 3.06. The number of carbonyl (C=O) groups excluding carboxylic acids is 1. The number of ketones is 1. The van der Waals surface area contributed by atoms with Crippen molar-refractivity contribution in [3.05, 3.63) is 71.8 Å². The quantitative estimate of drug-likeness (QED) is 0.804. The molecule has 4 rings (SSSR count). The zero-order valence-electron chi connectivity index (χ0n) is 16.5. The summed E-state index contributed by atoms with van der Waals surface area (Å²) in [6.07, 6.45) is 2.97. The number of piperazine rings is 1. The molecule has 1 aliphatic carbocycles. The van der Waals surface area contributed by atoms with Crippen LogP contribution in [0.1, 0.15) is 30.4 Å². The monoisotopic (exact) mass is 378 g/mol. The molecule has 1 atom stereocenters. The summed E-state index contributed by atoms with van der Waals surface area (Å²) in [6.45, 7) is 4.94. The third kappa shape index (κ3) is 4.04. The van der Waals surface area contributed by atoms with Crippen molar-refractivity contribution >= 4 is 5.78 Å². The third-order valence-electron chi connectivity index (χ3n) is 6.42. The fourth-order valence-corrected chi connectivity index (χ4v) is 4.41. The number of rotatable bonds is 7. The molecule has 2 fully saturated rings. The first-order valence-corrected chi connectivity index (χ1v) is 10.5.